The van der Waals surface area contributed by atoms with E-state index in [1.807, 2.05) is 0 Å². The van der Waals surface area contributed by atoms with Crippen molar-refractivity contribution in [1.82, 2.24) is 20.1 Å². The number of likely N-dealkylation sites (N-methyl/N-ethyl adjacent to an activating group) is 1. The highest BCUT2D eigenvalue weighted by Crippen LogP contribution is 2.43. The van der Waals surface area contributed by atoms with E-state index < -0.39 is 29.2 Å². The Hall–Kier alpha value is -3.04. The number of nitrogen functional groups attached to an aromatic ring is 1. The molecule has 2 aliphatic heterocycles. The number of amidine groups is 1. The van der Waals surface area contributed by atoms with Gasteiger partial charge in [-0.2, -0.15) is 0 Å². The third-order valence-electron chi connectivity index (χ3n) is 4.50. The lowest BCUT2D eigenvalue weighted by atomic mass is 10.0. The number of thiazole rings is 1. The second-order valence-electron chi connectivity index (χ2n) is 6.83. The first kappa shape index (κ1) is 24.6. The number of aromatic nitrogens is 1. The summed E-state index contributed by atoms with van der Waals surface area (Å²) in [6.07, 6.45) is 1.54. The number of carbonyl (C=O) groups excluding carboxylic acids is 2. The maximum Gasteiger partial charge on any atom is 0.353 e. The summed E-state index contributed by atoms with van der Waals surface area (Å²) in [5, 5.41) is 26.6. The minimum absolute atomic E-state index is 0.127. The van der Waals surface area contributed by atoms with E-state index >= 15 is 0 Å². The van der Waals surface area contributed by atoms with E-state index in [2.05, 4.69) is 15.5 Å². The van der Waals surface area contributed by atoms with Crippen molar-refractivity contribution in [2.75, 3.05) is 32.7 Å². The SMILES string of the molecule is CO/N=C(\C(=O)NC1C(=O)N2C(C(=O)O)=C(S/C=C/C(=N)N(C)C)CS[C@H]12)c1csc(N)n1. The van der Waals surface area contributed by atoms with Crippen LogP contribution in [0.25, 0.3) is 0 Å². The first-order valence-corrected chi connectivity index (χ1v) is 12.1. The molecule has 1 fully saturated rings. The van der Waals surface area contributed by atoms with E-state index in [9.17, 15) is 19.5 Å². The number of aliphatic carboxylic acids is 1. The molecule has 1 saturated heterocycles. The lowest BCUT2D eigenvalue weighted by molar-refractivity contribution is -0.150. The van der Waals surface area contributed by atoms with Crippen LogP contribution in [0.1, 0.15) is 5.69 Å². The third-order valence-corrected chi connectivity index (χ3v) is 7.53. The van der Waals surface area contributed by atoms with E-state index in [4.69, 9.17) is 16.0 Å². The van der Waals surface area contributed by atoms with Crippen molar-refractivity contribution in [3.63, 3.8) is 0 Å². The Labute approximate surface area is 201 Å². The van der Waals surface area contributed by atoms with Gasteiger partial charge in [0.25, 0.3) is 11.8 Å². The quantitative estimate of drug-likeness (QED) is 0.167. The molecule has 0 aliphatic carbocycles. The molecule has 0 aromatic carbocycles. The van der Waals surface area contributed by atoms with Crippen molar-refractivity contribution < 1.29 is 24.3 Å². The maximum absolute atomic E-state index is 12.8. The van der Waals surface area contributed by atoms with Gasteiger partial charge in [-0.15, -0.1) is 23.1 Å². The average molecular weight is 512 g/mol. The molecule has 2 aliphatic rings. The molecule has 1 aromatic heterocycles. The van der Waals surface area contributed by atoms with Crippen LogP contribution < -0.4 is 11.1 Å². The normalized spacial score (nSPS) is 20.4. The number of β-lactam (4-membered cyclic amide) rings is 1. The molecule has 33 heavy (non-hydrogen) atoms. The predicted octanol–water partition coefficient (Wildman–Crippen LogP) is 0.558. The first-order valence-electron chi connectivity index (χ1n) is 9.29. The van der Waals surface area contributed by atoms with E-state index in [0.29, 0.717) is 10.7 Å². The molecule has 3 rings (SSSR count). The second-order valence-corrected chi connectivity index (χ2v) is 9.83. The van der Waals surface area contributed by atoms with Gasteiger partial charge in [0.1, 0.15) is 35.8 Å². The number of amides is 2. The van der Waals surface area contributed by atoms with Crippen molar-refractivity contribution in [3.05, 3.63) is 33.2 Å². The highest BCUT2D eigenvalue weighted by Gasteiger charge is 2.54. The number of hydrogen-bond acceptors (Lipinski definition) is 11. The molecule has 3 heterocycles. The second kappa shape index (κ2) is 10.3. The van der Waals surface area contributed by atoms with Crippen LogP contribution in [-0.4, -0.2) is 87.6 Å². The van der Waals surface area contributed by atoms with Crippen LogP contribution in [0.5, 0.6) is 0 Å². The monoisotopic (exact) mass is 511 g/mol. The first-order chi connectivity index (χ1) is 15.6. The summed E-state index contributed by atoms with van der Waals surface area (Å²) in [4.78, 5) is 49.5. The molecule has 0 radical (unpaired) electrons. The Bertz CT molecular complexity index is 1080. The number of carboxylic acids is 1. The zero-order valence-electron chi connectivity index (χ0n) is 17.8. The van der Waals surface area contributed by atoms with E-state index in [0.717, 1.165) is 23.1 Å². The summed E-state index contributed by atoms with van der Waals surface area (Å²) in [6.45, 7) is 0. The van der Waals surface area contributed by atoms with Gasteiger partial charge < -0.3 is 25.9 Å². The van der Waals surface area contributed by atoms with Gasteiger partial charge in [-0.25, -0.2) is 9.78 Å². The summed E-state index contributed by atoms with van der Waals surface area (Å²) in [7, 11) is 4.72. The van der Waals surface area contributed by atoms with Crippen molar-refractivity contribution >= 4 is 69.3 Å². The van der Waals surface area contributed by atoms with E-state index in [-0.39, 0.29) is 28.1 Å². The molecule has 2 amide bonds. The number of anilines is 1. The topological polar surface area (TPSA) is 174 Å². The van der Waals surface area contributed by atoms with Crippen LogP contribution in [0.4, 0.5) is 5.13 Å². The lowest BCUT2D eigenvalue weighted by Crippen LogP contribution is -2.71. The fourth-order valence-corrected chi connectivity index (χ4v) is 5.79. The molecular formula is C18H21N7O5S3. The Morgan fingerprint density at radius 1 is 1.52 bits per heavy atom. The third kappa shape index (κ3) is 5.15. The zero-order chi connectivity index (χ0) is 24.3. The van der Waals surface area contributed by atoms with Gasteiger partial charge >= 0.3 is 5.97 Å². The minimum atomic E-state index is -1.24. The fourth-order valence-electron chi connectivity index (χ4n) is 2.91. The van der Waals surface area contributed by atoms with Crippen LogP contribution in [0, 0.1) is 5.41 Å². The van der Waals surface area contributed by atoms with Crippen LogP contribution in [0.15, 0.2) is 32.6 Å². The fraction of sp³-hybridized carbons (Fsp3) is 0.333. The molecule has 1 unspecified atom stereocenters. The number of nitrogens with two attached hydrogens (primary N) is 1. The molecule has 2 atom stereocenters. The summed E-state index contributed by atoms with van der Waals surface area (Å²) in [5.41, 5.74) is 5.55. The summed E-state index contributed by atoms with van der Waals surface area (Å²) >= 11 is 3.60. The average Bonchev–Trinajstić information content (AvgIpc) is 3.20. The van der Waals surface area contributed by atoms with Gasteiger partial charge in [-0.1, -0.05) is 16.9 Å². The molecule has 0 spiro atoms. The molecule has 1 aromatic rings. The summed E-state index contributed by atoms with van der Waals surface area (Å²) in [6, 6.07) is -0.932. The standard InChI is InChI=1S/C18H21N7O5S3/c1-24(2)10(19)4-5-31-9-7-32-16-12(15(27)25(16)13(9)17(28)29)22-14(26)11(23-30-3)8-6-33-18(20)21-8/h4-6,12,16,19H,7H2,1-3H3,(H2,20,21)(H,22,26)(H,28,29)/b5-4+,19-10?,23-11-/t12?,16-/m1/s1. The number of nitrogens with one attached hydrogen (secondary N) is 2. The van der Waals surface area contributed by atoms with Crippen molar-refractivity contribution in [3.8, 4) is 0 Å². The van der Waals surface area contributed by atoms with Gasteiger partial charge in [0.15, 0.2) is 10.8 Å². The Balaban J connectivity index is 1.75. The number of hydrogen-bond donors (Lipinski definition) is 4. The molecule has 15 heteroatoms. The highest BCUT2D eigenvalue weighted by molar-refractivity contribution is 8.08. The number of rotatable bonds is 8. The van der Waals surface area contributed by atoms with Gasteiger partial charge in [-0.05, 0) is 11.5 Å². The van der Waals surface area contributed by atoms with Crippen LogP contribution >= 0.6 is 34.9 Å². The number of nitrogens with zero attached hydrogens (tertiary/aromatic N) is 4. The molecule has 5 N–H and O–H groups in total. The maximum atomic E-state index is 12.8. The van der Waals surface area contributed by atoms with Crippen molar-refractivity contribution in [1.29, 1.82) is 5.41 Å². The van der Waals surface area contributed by atoms with Gasteiger partial charge in [0.05, 0.1) is 0 Å². The smallest absolute Gasteiger partial charge is 0.353 e. The number of thioether (sulfide) groups is 2. The Morgan fingerprint density at radius 3 is 2.82 bits per heavy atom. The number of carbonyl (C=O) groups is 3. The van der Waals surface area contributed by atoms with Gasteiger partial charge in [-0.3, -0.25) is 19.9 Å². The lowest BCUT2D eigenvalue weighted by Gasteiger charge is -2.49. The zero-order valence-corrected chi connectivity index (χ0v) is 20.2. The van der Waals surface area contributed by atoms with Gasteiger partial charge in [0, 0.05) is 30.1 Å². The van der Waals surface area contributed by atoms with Crippen molar-refractivity contribution in [2.45, 2.75) is 11.4 Å². The van der Waals surface area contributed by atoms with Gasteiger partial charge in [0.2, 0.25) is 0 Å². The van der Waals surface area contributed by atoms with E-state index in [1.54, 1.807) is 24.4 Å². The Morgan fingerprint density at radius 2 is 2.24 bits per heavy atom. The summed E-state index contributed by atoms with van der Waals surface area (Å²) < 4.78 is 0. The molecule has 0 saturated carbocycles. The predicted molar refractivity (Wildman–Crippen MR) is 128 cm³/mol. The largest absolute Gasteiger partial charge is 0.477 e. The number of carboxylic acid groups (broad SMARTS) is 1. The molecule has 12 nitrogen and oxygen atoms in total. The highest BCUT2D eigenvalue weighted by atomic mass is 32.2. The summed E-state index contributed by atoms with van der Waals surface area (Å²) in [5.74, 6) is -1.90. The van der Waals surface area contributed by atoms with E-state index in [1.165, 1.54) is 35.2 Å². The Kier molecular flexibility index (Phi) is 7.65. The van der Waals surface area contributed by atoms with Crippen molar-refractivity contribution in [2.24, 2.45) is 5.16 Å². The minimum Gasteiger partial charge on any atom is -0.477 e. The van der Waals surface area contributed by atoms with Crippen LogP contribution in [0.2, 0.25) is 0 Å². The van der Waals surface area contributed by atoms with Crippen LogP contribution in [-0.2, 0) is 19.2 Å². The number of oxime groups is 1. The molecule has 176 valence electrons. The van der Waals surface area contributed by atoms with Crippen LogP contribution in [0.3, 0.4) is 0 Å². The molecule has 0 bridgehead atoms. The number of fused-ring (bicyclic) bond motifs is 1. The molecular weight excluding hydrogens is 490 g/mol.